The van der Waals surface area contributed by atoms with Crippen molar-refractivity contribution in [3.8, 4) is 0 Å². The van der Waals surface area contributed by atoms with Crippen molar-refractivity contribution in [1.82, 2.24) is 4.98 Å². The van der Waals surface area contributed by atoms with Crippen LogP contribution in [0.5, 0.6) is 0 Å². The van der Waals surface area contributed by atoms with E-state index in [9.17, 15) is 0 Å². The second-order valence-electron chi connectivity index (χ2n) is 5.63. The largest absolute Gasteiger partial charge is 0.352 e. The molecule has 2 N–H and O–H groups in total. The number of nitrogens with two attached hydrogens (primary N) is 1. The summed E-state index contributed by atoms with van der Waals surface area (Å²) in [5.74, 6) is 1.06. The molecule has 3 nitrogen and oxygen atoms in total. The Kier molecular flexibility index (Phi) is 3.45. The molecule has 0 radical (unpaired) electrons. The molecule has 2 heterocycles. The molecule has 0 saturated heterocycles. The fourth-order valence-electron chi connectivity index (χ4n) is 2.89. The third-order valence-corrected chi connectivity index (χ3v) is 4.08. The van der Waals surface area contributed by atoms with Gasteiger partial charge < -0.3 is 10.6 Å². The van der Waals surface area contributed by atoms with E-state index in [2.05, 4.69) is 47.1 Å². The molecule has 1 aromatic carbocycles. The number of benzene rings is 1. The average Bonchev–Trinajstić information content (AvgIpc) is 2.46. The first-order valence-electron chi connectivity index (χ1n) is 7.19. The smallest absolute Gasteiger partial charge is 0.129 e. The van der Waals surface area contributed by atoms with Crippen molar-refractivity contribution in [2.45, 2.75) is 32.9 Å². The predicted molar refractivity (Wildman–Crippen MR) is 82.8 cm³/mol. The lowest BCUT2D eigenvalue weighted by Crippen LogP contribution is -2.31. The highest BCUT2D eigenvalue weighted by molar-refractivity contribution is 5.47. The minimum absolute atomic E-state index is 0.0404. The molecule has 0 bridgehead atoms. The number of hydrogen-bond donors (Lipinski definition) is 1. The zero-order valence-corrected chi connectivity index (χ0v) is 12.1. The first-order valence-corrected chi connectivity index (χ1v) is 7.19. The van der Waals surface area contributed by atoms with Gasteiger partial charge in [-0.3, -0.25) is 0 Å². The van der Waals surface area contributed by atoms with Gasteiger partial charge in [0.15, 0.2) is 0 Å². The van der Waals surface area contributed by atoms with Crippen molar-refractivity contribution in [2.24, 2.45) is 5.73 Å². The molecule has 104 valence electrons. The molecule has 1 atom stereocenters. The summed E-state index contributed by atoms with van der Waals surface area (Å²) in [7, 11) is 0. The van der Waals surface area contributed by atoms with Gasteiger partial charge in [0.05, 0.1) is 0 Å². The van der Waals surface area contributed by atoms with Gasteiger partial charge in [0.2, 0.25) is 0 Å². The van der Waals surface area contributed by atoms with Crippen molar-refractivity contribution >= 4 is 5.82 Å². The number of aromatic nitrogens is 1. The van der Waals surface area contributed by atoms with Gasteiger partial charge in [0.25, 0.3) is 0 Å². The monoisotopic (exact) mass is 267 g/mol. The molecule has 0 fully saturated rings. The number of anilines is 1. The van der Waals surface area contributed by atoms with E-state index in [-0.39, 0.29) is 6.04 Å². The lowest BCUT2D eigenvalue weighted by molar-refractivity contribution is 0.717. The van der Waals surface area contributed by atoms with Crippen LogP contribution in [-0.4, -0.2) is 11.5 Å². The van der Waals surface area contributed by atoms with E-state index >= 15 is 0 Å². The number of nitrogens with zero attached hydrogens (tertiary/aromatic N) is 2. The number of fused-ring (bicyclic) bond motifs is 1. The molecule has 1 aliphatic heterocycles. The number of hydrogen-bond acceptors (Lipinski definition) is 3. The fraction of sp³-hybridized carbons (Fsp3) is 0.353. The highest BCUT2D eigenvalue weighted by Crippen LogP contribution is 2.25. The van der Waals surface area contributed by atoms with Crippen LogP contribution in [0.25, 0.3) is 0 Å². The first kappa shape index (κ1) is 13.1. The van der Waals surface area contributed by atoms with Crippen molar-refractivity contribution in [1.29, 1.82) is 0 Å². The SMILES string of the molecule is Cc1cc(N2CCc3ccccc3C2)ncc1[C@@H](C)N. The third kappa shape index (κ3) is 2.41. The van der Waals surface area contributed by atoms with Crippen LogP contribution in [0.4, 0.5) is 5.82 Å². The molecule has 0 saturated carbocycles. The van der Waals surface area contributed by atoms with E-state index in [4.69, 9.17) is 5.73 Å². The minimum atomic E-state index is 0.0404. The Labute approximate surface area is 120 Å². The van der Waals surface area contributed by atoms with Crippen LogP contribution in [0, 0.1) is 6.92 Å². The van der Waals surface area contributed by atoms with Crippen LogP contribution >= 0.6 is 0 Å². The van der Waals surface area contributed by atoms with Gasteiger partial charge >= 0.3 is 0 Å². The zero-order valence-electron chi connectivity index (χ0n) is 12.1. The van der Waals surface area contributed by atoms with E-state index in [1.165, 1.54) is 16.7 Å². The van der Waals surface area contributed by atoms with Crippen LogP contribution in [0.1, 0.15) is 35.2 Å². The zero-order chi connectivity index (χ0) is 14.1. The molecular formula is C17H21N3. The average molecular weight is 267 g/mol. The Morgan fingerprint density at radius 2 is 2.00 bits per heavy atom. The van der Waals surface area contributed by atoms with E-state index < -0.39 is 0 Å². The molecule has 0 unspecified atom stereocenters. The fourth-order valence-corrected chi connectivity index (χ4v) is 2.89. The number of aryl methyl sites for hydroxylation is 1. The molecular weight excluding hydrogens is 246 g/mol. The Morgan fingerprint density at radius 1 is 1.25 bits per heavy atom. The second-order valence-corrected chi connectivity index (χ2v) is 5.63. The summed E-state index contributed by atoms with van der Waals surface area (Å²) in [4.78, 5) is 6.95. The van der Waals surface area contributed by atoms with Crippen molar-refractivity contribution in [3.05, 3.63) is 58.8 Å². The summed E-state index contributed by atoms with van der Waals surface area (Å²) in [5.41, 5.74) is 11.2. The Bertz CT molecular complexity index is 619. The normalized spacial score (nSPS) is 15.8. The van der Waals surface area contributed by atoms with Gasteiger partial charge in [-0.25, -0.2) is 4.98 Å². The van der Waals surface area contributed by atoms with Gasteiger partial charge in [-0.05, 0) is 48.6 Å². The van der Waals surface area contributed by atoms with E-state index in [0.717, 1.165) is 30.9 Å². The summed E-state index contributed by atoms with van der Waals surface area (Å²) in [6.45, 7) is 6.09. The molecule has 3 heteroatoms. The Hall–Kier alpha value is -1.87. The lowest BCUT2D eigenvalue weighted by Gasteiger charge is -2.30. The van der Waals surface area contributed by atoms with Gasteiger partial charge in [0, 0.05) is 25.3 Å². The van der Waals surface area contributed by atoms with E-state index in [1.807, 2.05) is 13.1 Å². The predicted octanol–water partition coefficient (Wildman–Crippen LogP) is 2.97. The molecule has 0 spiro atoms. The first-order chi connectivity index (χ1) is 9.65. The van der Waals surface area contributed by atoms with Crippen molar-refractivity contribution in [2.75, 3.05) is 11.4 Å². The van der Waals surface area contributed by atoms with Crippen LogP contribution < -0.4 is 10.6 Å². The molecule has 2 aromatic rings. The quantitative estimate of drug-likeness (QED) is 0.909. The van der Waals surface area contributed by atoms with Gasteiger partial charge in [-0.2, -0.15) is 0 Å². The molecule has 0 amide bonds. The highest BCUT2D eigenvalue weighted by atomic mass is 15.2. The minimum Gasteiger partial charge on any atom is -0.352 e. The van der Waals surface area contributed by atoms with Gasteiger partial charge in [0.1, 0.15) is 5.82 Å². The van der Waals surface area contributed by atoms with Crippen LogP contribution in [0.3, 0.4) is 0 Å². The molecule has 3 rings (SSSR count). The summed E-state index contributed by atoms with van der Waals surface area (Å²) >= 11 is 0. The highest BCUT2D eigenvalue weighted by Gasteiger charge is 2.17. The second kappa shape index (κ2) is 5.25. The third-order valence-electron chi connectivity index (χ3n) is 4.08. The lowest BCUT2D eigenvalue weighted by atomic mass is 9.99. The van der Waals surface area contributed by atoms with Gasteiger partial charge in [-0.1, -0.05) is 24.3 Å². The Morgan fingerprint density at radius 3 is 2.70 bits per heavy atom. The maximum Gasteiger partial charge on any atom is 0.129 e. The van der Waals surface area contributed by atoms with Crippen LogP contribution in [0.2, 0.25) is 0 Å². The number of pyridine rings is 1. The maximum absolute atomic E-state index is 5.95. The maximum atomic E-state index is 5.95. The van der Waals surface area contributed by atoms with Crippen LogP contribution in [-0.2, 0) is 13.0 Å². The molecule has 1 aliphatic rings. The summed E-state index contributed by atoms with van der Waals surface area (Å²) < 4.78 is 0. The van der Waals surface area contributed by atoms with E-state index in [0.29, 0.717) is 0 Å². The van der Waals surface area contributed by atoms with Crippen molar-refractivity contribution < 1.29 is 0 Å². The van der Waals surface area contributed by atoms with Crippen LogP contribution in [0.15, 0.2) is 36.5 Å². The summed E-state index contributed by atoms with van der Waals surface area (Å²) in [5, 5.41) is 0. The summed E-state index contributed by atoms with van der Waals surface area (Å²) in [6, 6.07) is 10.9. The van der Waals surface area contributed by atoms with E-state index in [1.54, 1.807) is 0 Å². The summed E-state index contributed by atoms with van der Waals surface area (Å²) in [6.07, 6.45) is 3.02. The molecule has 20 heavy (non-hydrogen) atoms. The van der Waals surface area contributed by atoms with Crippen molar-refractivity contribution in [3.63, 3.8) is 0 Å². The standard InChI is InChI=1S/C17H21N3/c1-12-9-17(19-10-16(12)13(2)18)20-8-7-14-5-3-4-6-15(14)11-20/h3-6,9-10,13H,7-8,11,18H2,1-2H3/t13-/m1/s1. The van der Waals surface area contributed by atoms with Gasteiger partial charge in [-0.15, -0.1) is 0 Å². The molecule has 1 aromatic heterocycles. The topological polar surface area (TPSA) is 42.2 Å². The molecule has 0 aliphatic carbocycles. The number of rotatable bonds is 2. The Balaban J connectivity index is 1.86.